The van der Waals surface area contributed by atoms with Crippen LogP contribution in [0.1, 0.15) is 61.9 Å². The van der Waals surface area contributed by atoms with Crippen LogP contribution in [0.5, 0.6) is 0 Å². The fourth-order valence-corrected chi connectivity index (χ4v) is 6.11. The average molecular weight is 405 g/mol. The van der Waals surface area contributed by atoms with Gasteiger partial charge in [-0.15, -0.1) is 0 Å². The molecule has 0 amide bonds. The summed E-state index contributed by atoms with van der Waals surface area (Å²) in [7, 11) is -1.63. The van der Waals surface area contributed by atoms with Gasteiger partial charge < -0.3 is 0 Å². The molecule has 0 radical (unpaired) electrons. The van der Waals surface area contributed by atoms with Crippen LogP contribution >= 0.6 is 0 Å². The SMILES string of the molecule is Cn1nc(C2CCN(S(=O)(=O)Cc3ccccc3)CC2)n(C2CCCC2)c1=O. The molecular formula is C20H28N4O3S. The lowest BCUT2D eigenvalue weighted by molar-refractivity contribution is 0.304. The number of aromatic nitrogens is 3. The van der Waals surface area contributed by atoms with E-state index in [0.717, 1.165) is 37.1 Å². The first kappa shape index (κ1) is 19.4. The highest BCUT2D eigenvalue weighted by molar-refractivity contribution is 7.88. The molecule has 0 bridgehead atoms. The highest BCUT2D eigenvalue weighted by atomic mass is 32.2. The summed E-state index contributed by atoms with van der Waals surface area (Å²) in [6, 6.07) is 9.55. The van der Waals surface area contributed by atoms with E-state index >= 15 is 0 Å². The number of rotatable bonds is 5. The van der Waals surface area contributed by atoms with E-state index in [4.69, 9.17) is 0 Å². The van der Waals surface area contributed by atoms with E-state index in [1.54, 1.807) is 11.4 Å². The Hall–Kier alpha value is -1.93. The van der Waals surface area contributed by atoms with Gasteiger partial charge in [0.2, 0.25) is 10.0 Å². The molecule has 1 saturated carbocycles. The quantitative estimate of drug-likeness (QED) is 0.767. The van der Waals surface area contributed by atoms with E-state index in [9.17, 15) is 13.2 Å². The van der Waals surface area contributed by atoms with Gasteiger partial charge in [0.05, 0.1) is 5.75 Å². The second-order valence-electron chi connectivity index (χ2n) is 7.99. The maximum Gasteiger partial charge on any atom is 0.345 e. The predicted octanol–water partition coefficient (Wildman–Crippen LogP) is 2.41. The fraction of sp³-hybridized carbons (Fsp3) is 0.600. The first-order valence-corrected chi connectivity index (χ1v) is 11.7. The number of piperidine rings is 1. The van der Waals surface area contributed by atoms with Crippen molar-refractivity contribution >= 4 is 10.0 Å². The van der Waals surface area contributed by atoms with Gasteiger partial charge in [0.25, 0.3) is 0 Å². The van der Waals surface area contributed by atoms with Gasteiger partial charge in [-0.3, -0.25) is 4.57 Å². The third kappa shape index (κ3) is 3.80. The molecule has 8 heteroatoms. The second kappa shape index (κ2) is 7.83. The summed E-state index contributed by atoms with van der Waals surface area (Å²) < 4.78 is 30.5. The lowest BCUT2D eigenvalue weighted by Crippen LogP contribution is -2.39. The van der Waals surface area contributed by atoms with Crippen molar-refractivity contribution in [3.8, 4) is 0 Å². The molecule has 2 fully saturated rings. The van der Waals surface area contributed by atoms with Gasteiger partial charge >= 0.3 is 5.69 Å². The van der Waals surface area contributed by atoms with Crippen LogP contribution in [0.25, 0.3) is 0 Å². The minimum absolute atomic E-state index is 0.0366. The fourth-order valence-electron chi connectivity index (χ4n) is 4.55. The summed E-state index contributed by atoms with van der Waals surface area (Å²) in [4.78, 5) is 12.6. The zero-order valence-electron chi connectivity index (χ0n) is 16.3. The zero-order chi connectivity index (χ0) is 19.7. The van der Waals surface area contributed by atoms with Gasteiger partial charge in [0, 0.05) is 32.1 Å². The molecule has 2 heterocycles. The molecule has 1 aromatic heterocycles. The standard InChI is InChI=1S/C20H28N4O3S/c1-22-20(25)24(18-9-5-6-10-18)19(21-22)17-11-13-23(14-12-17)28(26,27)15-16-7-3-2-4-8-16/h2-4,7-8,17-18H,5-6,9-15H2,1H3. The Kier molecular flexibility index (Phi) is 5.42. The lowest BCUT2D eigenvalue weighted by Gasteiger charge is -2.31. The summed E-state index contributed by atoms with van der Waals surface area (Å²) in [5.74, 6) is 1.02. The van der Waals surface area contributed by atoms with E-state index in [1.807, 2.05) is 34.9 Å². The van der Waals surface area contributed by atoms with Gasteiger partial charge in [-0.1, -0.05) is 43.2 Å². The molecule has 1 aliphatic carbocycles. The van der Waals surface area contributed by atoms with Crippen molar-refractivity contribution in [1.29, 1.82) is 0 Å². The summed E-state index contributed by atoms with van der Waals surface area (Å²) in [6.45, 7) is 0.963. The average Bonchev–Trinajstić information content (AvgIpc) is 3.31. The predicted molar refractivity (Wildman–Crippen MR) is 108 cm³/mol. The van der Waals surface area contributed by atoms with E-state index < -0.39 is 10.0 Å². The summed E-state index contributed by atoms with van der Waals surface area (Å²) in [5.41, 5.74) is 0.769. The third-order valence-electron chi connectivity index (χ3n) is 6.08. The van der Waals surface area contributed by atoms with Gasteiger partial charge in [0.15, 0.2) is 0 Å². The van der Waals surface area contributed by atoms with Crippen molar-refractivity contribution in [2.75, 3.05) is 13.1 Å². The Morgan fingerprint density at radius 3 is 2.32 bits per heavy atom. The van der Waals surface area contributed by atoms with Gasteiger partial charge in [-0.2, -0.15) is 5.10 Å². The van der Waals surface area contributed by atoms with Crippen molar-refractivity contribution in [3.05, 3.63) is 52.2 Å². The number of aryl methyl sites for hydroxylation is 1. The Morgan fingerprint density at radius 2 is 1.68 bits per heavy atom. The highest BCUT2D eigenvalue weighted by Crippen LogP contribution is 2.34. The molecule has 2 aliphatic rings. The lowest BCUT2D eigenvalue weighted by atomic mass is 9.97. The number of nitrogens with zero attached hydrogens (tertiary/aromatic N) is 4. The van der Waals surface area contributed by atoms with Crippen molar-refractivity contribution in [1.82, 2.24) is 18.7 Å². The van der Waals surface area contributed by atoms with Crippen molar-refractivity contribution in [2.45, 2.75) is 56.2 Å². The largest absolute Gasteiger partial charge is 0.345 e. The topological polar surface area (TPSA) is 77.2 Å². The second-order valence-corrected chi connectivity index (χ2v) is 9.96. The van der Waals surface area contributed by atoms with Crippen LogP contribution in [-0.4, -0.2) is 40.2 Å². The molecule has 0 N–H and O–H groups in total. The van der Waals surface area contributed by atoms with Gasteiger partial charge in [-0.05, 0) is 31.2 Å². The molecule has 0 atom stereocenters. The van der Waals surface area contributed by atoms with Gasteiger partial charge in [-0.25, -0.2) is 22.2 Å². The van der Waals surface area contributed by atoms with Gasteiger partial charge in [0.1, 0.15) is 5.82 Å². The first-order chi connectivity index (χ1) is 13.5. The highest BCUT2D eigenvalue weighted by Gasteiger charge is 2.33. The third-order valence-corrected chi connectivity index (χ3v) is 7.93. The number of sulfonamides is 1. The molecule has 7 nitrogen and oxygen atoms in total. The molecule has 2 aromatic rings. The molecule has 0 spiro atoms. The molecular weight excluding hydrogens is 376 g/mol. The van der Waals surface area contributed by atoms with Crippen molar-refractivity contribution in [3.63, 3.8) is 0 Å². The van der Waals surface area contributed by atoms with Crippen LogP contribution in [-0.2, 0) is 22.8 Å². The van der Waals surface area contributed by atoms with Crippen LogP contribution in [0.2, 0.25) is 0 Å². The maximum absolute atomic E-state index is 12.8. The first-order valence-electron chi connectivity index (χ1n) is 10.1. The Labute approximate surface area is 166 Å². The Morgan fingerprint density at radius 1 is 1.04 bits per heavy atom. The Bertz CT molecular complexity index is 967. The molecule has 0 unspecified atom stereocenters. The van der Waals surface area contributed by atoms with Crippen LogP contribution in [0.4, 0.5) is 0 Å². The van der Waals surface area contributed by atoms with Crippen LogP contribution in [0.15, 0.2) is 35.1 Å². The van der Waals surface area contributed by atoms with Crippen LogP contribution < -0.4 is 5.69 Å². The van der Waals surface area contributed by atoms with Crippen molar-refractivity contribution in [2.24, 2.45) is 7.05 Å². The zero-order valence-corrected chi connectivity index (χ0v) is 17.1. The maximum atomic E-state index is 12.8. The molecule has 28 heavy (non-hydrogen) atoms. The van der Waals surface area contributed by atoms with E-state index in [1.165, 1.54) is 4.68 Å². The number of benzene rings is 1. The summed E-state index contributed by atoms with van der Waals surface area (Å²) in [6.07, 6.45) is 5.78. The molecule has 1 aromatic carbocycles. The van der Waals surface area contributed by atoms with Crippen LogP contribution in [0, 0.1) is 0 Å². The molecule has 1 aliphatic heterocycles. The smallest absolute Gasteiger partial charge is 0.276 e. The minimum Gasteiger partial charge on any atom is -0.276 e. The van der Waals surface area contributed by atoms with Crippen molar-refractivity contribution < 1.29 is 8.42 Å². The molecule has 4 rings (SSSR count). The monoisotopic (exact) mass is 404 g/mol. The van der Waals surface area contributed by atoms with E-state index in [0.29, 0.717) is 25.9 Å². The normalized spacial score (nSPS) is 20.0. The van der Waals surface area contributed by atoms with Crippen LogP contribution in [0.3, 0.4) is 0 Å². The van der Waals surface area contributed by atoms with E-state index in [2.05, 4.69) is 5.10 Å². The summed E-state index contributed by atoms with van der Waals surface area (Å²) >= 11 is 0. The number of hydrogen-bond donors (Lipinski definition) is 0. The Balaban J connectivity index is 1.47. The summed E-state index contributed by atoms with van der Waals surface area (Å²) in [5, 5.41) is 4.53. The minimum atomic E-state index is -3.33. The molecule has 1 saturated heterocycles. The molecule has 152 valence electrons. The van der Waals surface area contributed by atoms with E-state index in [-0.39, 0.29) is 23.4 Å². The number of hydrogen-bond acceptors (Lipinski definition) is 4.